The van der Waals surface area contributed by atoms with Crippen LogP contribution in [0.1, 0.15) is 33.6 Å². The van der Waals surface area contributed by atoms with Crippen LogP contribution < -0.4 is 9.47 Å². The molecule has 1 N–H and O–H groups in total. The van der Waals surface area contributed by atoms with E-state index in [4.69, 9.17) is 33.2 Å². The van der Waals surface area contributed by atoms with Crippen molar-refractivity contribution in [2.75, 3.05) is 26.4 Å². The van der Waals surface area contributed by atoms with Gasteiger partial charge < -0.3 is 38.3 Å². The highest BCUT2D eigenvalue weighted by molar-refractivity contribution is 5.92. The molecule has 212 valence electrons. The van der Waals surface area contributed by atoms with Crippen LogP contribution in [-0.2, 0) is 28.5 Å². The third-order valence-corrected chi connectivity index (χ3v) is 6.00. The topological polar surface area (TPSA) is 153 Å². The van der Waals surface area contributed by atoms with Gasteiger partial charge in [0, 0.05) is 6.08 Å². The van der Waals surface area contributed by atoms with Crippen LogP contribution in [-0.4, -0.2) is 80.0 Å². The molecule has 2 saturated heterocycles. The molecule has 2 heterocycles. The molecule has 2 aromatic rings. The Bertz CT molecular complexity index is 1210. The van der Waals surface area contributed by atoms with E-state index >= 15 is 0 Å². The monoisotopic (exact) mass is 556 g/mol. The van der Waals surface area contributed by atoms with Crippen LogP contribution >= 0.6 is 0 Å². The van der Waals surface area contributed by atoms with Crippen LogP contribution in [0.25, 0.3) is 0 Å². The van der Waals surface area contributed by atoms with Gasteiger partial charge in [-0.3, -0.25) is 0 Å². The summed E-state index contributed by atoms with van der Waals surface area (Å²) in [6, 6.07) is 11.5. The van der Waals surface area contributed by atoms with Gasteiger partial charge in [0.2, 0.25) is 0 Å². The average molecular weight is 557 g/mol. The summed E-state index contributed by atoms with van der Waals surface area (Å²) in [5.74, 6) is -1.40. The van der Waals surface area contributed by atoms with E-state index in [0.29, 0.717) is 12.8 Å². The molecular weight excluding hydrogens is 528 g/mol. The fraction of sp³-hybridized carbons (Fsp3) is 0.357. The lowest BCUT2D eigenvalue weighted by molar-refractivity contribution is -0.137. The lowest BCUT2D eigenvalue weighted by atomic mass is 10.1. The second kappa shape index (κ2) is 13.7. The second-order valence-corrected chi connectivity index (χ2v) is 8.82. The Morgan fingerprint density at radius 2 is 1.38 bits per heavy atom. The normalized spacial score (nSPS) is 21.1. The van der Waals surface area contributed by atoms with E-state index in [-0.39, 0.29) is 49.1 Å². The van der Waals surface area contributed by atoms with E-state index < -0.39 is 48.5 Å². The first-order valence-electron chi connectivity index (χ1n) is 12.5. The van der Waals surface area contributed by atoms with Crippen molar-refractivity contribution in [2.45, 2.75) is 37.3 Å². The minimum Gasteiger partial charge on any atom is -0.463 e. The second-order valence-electron chi connectivity index (χ2n) is 8.82. The van der Waals surface area contributed by atoms with E-state index in [2.05, 4.69) is 6.58 Å². The highest BCUT2D eigenvalue weighted by Crippen LogP contribution is 2.29. The molecule has 0 amide bonds. The number of esters is 3. The quantitative estimate of drug-likeness (QED) is 0.108. The highest BCUT2D eigenvalue weighted by Gasteiger charge is 2.49. The molecule has 0 saturated carbocycles. The van der Waals surface area contributed by atoms with Crippen LogP contribution in [0.2, 0.25) is 0 Å². The number of rotatable bonds is 11. The fourth-order valence-corrected chi connectivity index (χ4v) is 3.95. The minimum atomic E-state index is -0.911. The number of benzene rings is 2. The van der Waals surface area contributed by atoms with Gasteiger partial charge in [0.05, 0.1) is 37.6 Å². The van der Waals surface area contributed by atoms with E-state index in [1.54, 1.807) is 0 Å². The Balaban J connectivity index is 1.18. The van der Waals surface area contributed by atoms with Crippen LogP contribution in [0, 0.1) is 0 Å². The fourth-order valence-electron chi connectivity index (χ4n) is 3.95. The first-order chi connectivity index (χ1) is 19.3. The largest absolute Gasteiger partial charge is 0.513 e. The molecule has 2 fully saturated rings. The van der Waals surface area contributed by atoms with Gasteiger partial charge in [-0.2, -0.15) is 0 Å². The summed E-state index contributed by atoms with van der Waals surface area (Å²) >= 11 is 0. The van der Waals surface area contributed by atoms with Crippen molar-refractivity contribution in [3.63, 3.8) is 0 Å². The molecule has 0 radical (unpaired) electrons. The number of aliphatic hydroxyl groups excluding tert-OH is 1. The lowest BCUT2D eigenvalue weighted by Crippen LogP contribution is -2.34. The number of carbonyl (C=O) groups excluding carboxylic acids is 4. The third-order valence-electron chi connectivity index (χ3n) is 6.00. The lowest BCUT2D eigenvalue weighted by Gasteiger charge is -2.16. The van der Waals surface area contributed by atoms with E-state index in [0.717, 1.165) is 6.08 Å². The Morgan fingerprint density at radius 1 is 0.800 bits per heavy atom. The molecule has 0 spiro atoms. The summed E-state index contributed by atoms with van der Waals surface area (Å²) in [5.41, 5.74) is 0.444. The summed E-state index contributed by atoms with van der Waals surface area (Å²) in [5, 5.41) is 9.80. The van der Waals surface area contributed by atoms with Crippen molar-refractivity contribution >= 4 is 24.1 Å². The number of hydrogen-bond donors (Lipinski definition) is 1. The number of unbranched alkanes of at least 4 members (excludes halogenated alkanes) is 1. The SMILES string of the molecule is C=CC(=O)OCCCCOC(=O)Oc1ccc(C(=O)Oc2ccc(C(=O)O[C@@H]3CO[C@H]4[C@@H]3OC[C@@H]4O)cc2)cc1. The van der Waals surface area contributed by atoms with Gasteiger partial charge >= 0.3 is 24.1 Å². The molecule has 4 atom stereocenters. The first kappa shape index (κ1) is 28.7. The standard InChI is InChI=1S/C28H28O12/c1-2-23(30)34-13-3-4-14-35-28(33)39-20-11-7-17(8-12-20)26(31)38-19-9-5-18(6-10-19)27(32)40-22-16-37-24-21(29)15-36-25(22)24/h2,5-12,21-22,24-25,29H,1,3-4,13-16H2/t21-,22+,24+,25+/m0/s1. The number of fused-ring (bicyclic) bond motifs is 1. The Labute approximate surface area is 229 Å². The molecule has 0 aromatic heterocycles. The van der Waals surface area contributed by atoms with Crippen molar-refractivity contribution in [3.8, 4) is 11.5 Å². The predicted octanol–water partition coefficient (Wildman–Crippen LogP) is 2.61. The molecule has 0 bridgehead atoms. The van der Waals surface area contributed by atoms with Gasteiger partial charge in [0.15, 0.2) is 6.10 Å². The zero-order valence-electron chi connectivity index (χ0n) is 21.4. The molecule has 0 unspecified atom stereocenters. The van der Waals surface area contributed by atoms with E-state index in [9.17, 15) is 24.3 Å². The summed E-state index contributed by atoms with van der Waals surface area (Å²) in [6.45, 7) is 3.83. The number of ether oxygens (including phenoxy) is 7. The number of hydrogen-bond acceptors (Lipinski definition) is 12. The third kappa shape index (κ3) is 7.65. The average Bonchev–Trinajstić information content (AvgIpc) is 3.53. The molecular formula is C28H28O12. The van der Waals surface area contributed by atoms with E-state index in [1.807, 2.05) is 0 Å². The van der Waals surface area contributed by atoms with Gasteiger partial charge in [-0.25, -0.2) is 19.2 Å². The first-order valence-corrected chi connectivity index (χ1v) is 12.5. The summed E-state index contributed by atoms with van der Waals surface area (Å²) in [6.07, 6.45) is -1.24. The summed E-state index contributed by atoms with van der Waals surface area (Å²) < 4.78 is 36.5. The van der Waals surface area contributed by atoms with Crippen LogP contribution in [0.4, 0.5) is 4.79 Å². The van der Waals surface area contributed by atoms with Crippen molar-refractivity contribution in [3.05, 3.63) is 72.3 Å². The predicted molar refractivity (Wildman–Crippen MR) is 135 cm³/mol. The van der Waals surface area contributed by atoms with Gasteiger partial charge in [-0.15, -0.1) is 0 Å². The Hall–Kier alpha value is -4.26. The van der Waals surface area contributed by atoms with Crippen molar-refractivity contribution in [1.82, 2.24) is 0 Å². The maximum absolute atomic E-state index is 12.5. The van der Waals surface area contributed by atoms with Crippen molar-refractivity contribution < 1.29 is 57.4 Å². The van der Waals surface area contributed by atoms with Gasteiger partial charge in [0.25, 0.3) is 0 Å². The zero-order valence-corrected chi connectivity index (χ0v) is 21.4. The molecule has 2 aliphatic heterocycles. The van der Waals surface area contributed by atoms with Crippen LogP contribution in [0.15, 0.2) is 61.2 Å². The van der Waals surface area contributed by atoms with Gasteiger partial charge in [-0.1, -0.05) is 6.58 Å². The zero-order chi connectivity index (χ0) is 28.5. The van der Waals surface area contributed by atoms with Gasteiger partial charge in [0.1, 0.15) is 29.8 Å². The van der Waals surface area contributed by atoms with Crippen molar-refractivity contribution in [1.29, 1.82) is 0 Å². The van der Waals surface area contributed by atoms with Crippen LogP contribution in [0.3, 0.4) is 0 Å². The Morgan fingerprint density at radius 3 is 2.02 bits per heavy atom. The Kier molecular flexibility index (Phi) is 9.84. The molecule has 12 nitrogen and oxygen atoms in total. The van der Waals surface area contributed by atoms with Crippen molar-refractivity contribution in [2.24, 2.45) is 0 Å². The molecule has 0 aliphatic carbocycles. The summed E-state index contributed by atoms with van der Waals surface area (Å²) in [7, 11) is 0. The maximum atomic E-state index is 12.5. The number of aliphatic hydroxyl groups is 1. The molecule has 2 aliphatic rings. The molecule has 12 heteroatoms. The van der Waals surface area contributed by atoms with Crippen LogP contribution in [0.5, 0.6) is 11.5 Å². The molecule has 2 aromatic carbocycles. The maximum Gasteiger partial charge on any atom is 0.513 e. The number of carbonyl (C=O) groups is 4. The smallest absolute Gasteiger partial charge is 0.463 e. The van der Waals surface area contributed by atoms with Gasteiger partial charge in [-0.05, 0) is 61.4 Å². The molecule has 40 heavy (non-hydrogen) atoms. The minimum absolute atomic E-state index is 0.0833. The summed E-state index contributed by atoms with van der Waals surface area (Å²) in [4.78, 5) is 47.7. The highest BCUT2D eigenvalue weighted by atomic mass is 16.7. The van der Waals surface area contributed by atoms with E-state index in [1.165, 1.54) is 48.5 Å². The molecule has 4 rings (SSSR count).